The van der Waals surface area contributed by atoms with Crippen LogP contribution in [0, 0.1) is 12.8 Å². The van der Waals surface area contributed by atoms with Crippen LogP contribution in [0.4, 0.5) is 0 Å². The monoisotopic (exact) mass is 266 g/mol. The molecule has 1 aromatic rings. The molecule has 18 heavy (non-hydrogen) atoms. The predicted molar refractivity (Wildman–Crippen MR) is 79.2 cm³/mol. The Hall–Kier alpha value is -0.410. The lowest BCUT2D eigenvalue weighted by molar-refractivity contribution is 0.205. The van der Waals surface area contributed by atoms with Crippen molar-refractivity contribution in [2.75, 3.05) is 6.54 Å². The third-order valence-corrected chi connectivity index (χ3v) is 5.47. The Kier molecular flexibility index (Phi) is 4.44. The average molecular weight is 266 g/mol. The number of aryl methyl sites for hydroxylation is 2. The van der Waals surface area contributed by atoms with Crippen molar-refractivity contribution < 1.29 is 0 Å². The molecule has 1 unspecified atom stereocenters. The molecule has 2 rings (SSSR count). The summed E-state index contributed by atoms with van der Waals surface area (Å²) < 4.78 is 0. The maximum atomic E-state index is 4.89. The quantitative estimate of drug-likeness (QED) is 0.841. The maximum Gasteiger partial charge on any atom is 0.113 e. The summed E-state index contributed by atoms with van der Waals surface area (Å²) in [6.45, 7) is 9.95. The Balaban J connectivity index is 2.20. The average Bonchev–Trinajstić information content (AvgIpc) is 2.66. The summed E-state index contributed by atoms with van der Waals surface area (Å²) in [5, 5.41) is 4.98. The van der Waals surface area contributed by atoms with Crippen LogP contribution in [-0.4, -0.2) is 11.5 Å². The lowest BCUT2D eigenvalue weighted by atomic mass is 9.76. The van der Waals surface area contributed by atoms with Crippen molar-refractivity contribution in [2.24, 2.45) is 5.92 Å². The molecule has 102 valence electrons. The van der Waals surface area contributed by atoms with E-state index in [0.717, 1.165) is 18.9 Å². The van der Waals surface area contributed by atoms with Crippen LogP contribution in [0.5, 0.6) is 0 Å². The number of nitrogens with zero attached hydrogens (tertiary/aromatic N) is 1. The normalized spacial score (nSPS) is 19.6. The molecular weight excluding hydrogens is 240 g/mol. The molecule has 0 aromatic carbocycles. The Bertz CT molecular complexity index is 395. The highest BCUT2D eigenvalue weighted by Gasteiger charge is 2.34. The summed E-state index contributed by atoms with van der Waals surface area (Å²) in [5.41, 5.74) is 1.37. The summed E-state index contributed by atoms with van der Waals surface area (Å²) in [4.78, 5) is 6.28. The summed E-state index contributed by atoms with van der Waals surface area (Å²) >= 11 is 1.89. The summed E-state index contributed by atoms with van der Waals surface area (Å²) in [7, 11) is 0. The zero-order valence-corrected chi connectivity index (χ0v) is 13.0. The Morgan fingerprint density at radius 3 is 2.56 bits per heavy atom. The molecule has 0 saturated heterocycles. The van der Waals surface area contributed by atoms with Crippen LogP contribution in [0.1, 0.15) is 62.0 Å². The topological polar surface area (TPSA) is 24.9 Å². The highest BCUT2D eigenvalue weighted by molar-refractivity contribution is 7.11. The molecule has 0 spiro atoms. The third-order valence-electron chi connectivity index (χ3n) is 4.19. The minimum Gasteiger partial charge on any atom is -0.306 e. The minimum atomic E-state index is 0.0860. The van der Waals surface area contributed by atoms with Crippen LogP contribution in [0.2, 0.25) is 0 Å². The zero-order chi connectivity index (χ0) is 13.2. The SMILES string of the molecule is CCNC(C)(CC1CCC1)c1nc(CC)c(C)s1. The van der Waals surface area contributed by atoms with Gasteiger partial charge in [0.05, 0.1) is 11.2 Å². The fourth-order valence-corrected chi connectivity index (χ4v) is 4.03. The molecule has 1 aromatic heterocycles. The summed E-state index contributed by atoms with van der Waals surface area (Å²) in [6, 6.07) is 0. The first kappa shape index (κ1) is 14.0. The van der Waals surface area contributed by atoms with E-state index in [0.29, 0.717) is 0 Å². The van der Waals surface area contributed by atoms with Gasteiger partial charge >= 0.3 is 0 Å². The van der Waals surface area contributed by atoms with Gasteiger partial charge in [-0.25, -0.2) is 4.98 Å². The third kappa shape index (κ3) is 2.77. The molecule has 0 amide bonds. The Morgan fingerprint density at radius 1 is 1.39 bits per heavy atom. The molecule has 3 heteroatoms. The van der Waals surface area contributed by atoms with Crippen molar-refractivity contribution in [3.8, 4) is 0 Å². The molecule has 0 bridgehead atoms. The maximum absolute atomic E-state index is 4.89. The molecule has 2 nitrogen and oxygen atoms in total. The van der Waals surface area contributed by atoms with E-state index in [9.17, 15) is 0 Å². The molecule has 1 atom stereocenters. The second kappa shape index (κ2) is 5.70. The lowest BCUT2D eigenvalue weighted by Crippen LogP contribution is -2.42. The van der Waals surface area contributed by atoms with Crippen molar-refractivity contribution in [3.63, 3.8) is 0 Å². The van der Waals surface area contributed by atoms with Gasteiger partial charge in [-0.3, -0.25) is 0 Å². The highest BCUT2D eigenvalue weighted by Crippen LogP contribution is 2.39. The van der Waals surface area contributed by atoms with E-state index >= 15 is 0 Å². The van der Waals surface area contributed by atoms with E-state index < -0.39 is 0 Å². The molecule has 1 saturated carbocycles. The van der Waals surface area contributed by atoms with Crippen LogP contribution < -0.4 is 5.32 Å². The number of nitrogens with one attached hydrogen (secondary N) is 1. The van der Waals surface area contributed by atoms with Crippen LogP contribution in [0.25, 0.3) is 0 Å². The van der Waals surface area contributed by atoms with Crippen molar-refractivity contribution in [1.82, 2.24) is 10.3 Å². The van der Waals surface area contributed by atoms with Crippen LogP contribution >= 0.6 is 11.3 Å². The van der Waals surface area contributed by atoms with Crippen molar-refractivity contribution >= 4 is 11.3 Å². The van der Waals surface area contributed by atoms with Gasteiger partial charge in [-0.15, -0.1) is 11.3 Å². The number of hydrogen-bond acceptors (Lipinski definition) is 3. The number of aromatic nitrogens is 1. The highest BCUT2D eigenvalue weighted by atomic mass is 32.1. The second-order valence-electron chi connectivity index (χ2n) is 5.74. The largest absolute Gasteiger partial charge is 0.306 e. The van der Waals surface area contributed by atoms with Crippen molar-refractivity contribution in [1.29, 1.82) is 0 Å². The van der Waals surface area contributed by atoms with Crippen LogP contribution in [0.15, 0.2) is 0 Å². The number of rotatable bonds is 6. The molecule has 1 fully saturated rings. The molecule has 1 heterocycles. The molecule has 0 radical (unpaired) electrons. The van der Waals surface area contributed by atoms with E-state index in [1.54, 1.807) is 0 Å². The Labute approximate surface area is 115 Å². The second-order valence-corrected chi connectivity index (χ2v) is 6.94. The van der Waals surface area contributed by atoms with Gasteiger partial charge in [0.15, 0.2) is 0 Å². The first-order chi connectivity index (χ1) is 8.59. The molecule has 1 aliphatic carbocycles. The van der Waals surface area contributed by atoms with Gasteiger partial charge in [0, 0.05) is 4.88 Å². The fourth-order valence-electron chi connectivity index (χ4n) is 2.89. The van der Waals surface area contributed by atoms with Gasteiger partial charge in [-0.05, 0) is 39.2 Å². The van der Waals surface area contributed by atoms with E-state index in [1.165, 1.54) is 41.3 Å². The molecule has 1 aliphatic rings. The van der Waals surface area contributed by atoms with Gasteiger partial charge in [0.25, 0.3) is 0 Å². The molecule has 1 N–H and O–H groups in total. The predicted octanol–water partition coefficient (Wildman–Crippen LogP) is 4.03. The number of hydrogen-bond donors (Lipinski definition) is 1. The minimum absolute atomic E-state index is 0.0860. The van der Waals surface area contributed by atoms with Crippen molar-refractivity contribution in [2.45, 2.75) is 65.3 Å². The smallest absolute Gasteiger partial charge is 0.113 e. The van der Waals surface area contributed by atoms with E-state index in [1.807, 2.05) is 11.3 Å². The van der Waals surface area contributed by atoms with Crippen molar-refractivity contribution in [3.05, 3.63) is 15.6 Å². The first-order valence-electron chi connectivity index (χ1n) is 7.31. The Morgan fingerprint density at radius 2 is 2.11 bits per heavy atom. The standard InChI is InChI=1S/C15H26N2S/c1-5-13-11(3)18-14(17-13)15(4,16-6-2)10-12-8-7-9-12/h12,16H,5-10H2,1-4H3. The molecule has 0 aliphatic heterocycles. The van der Waals surface area contributed by atoms with Gasteiger partial charge in [-0.1, -0.05) is 33.1 Å². The van der Waals surface area contributed by atoms with E-state index in [-0.39, 0.29) is 5.54 Å². The lowest BCUT2D eigenvalue weighted by Gasteiger charge is -2.36. The fraction of sp³-hybridized carbons (Fsp3) is 0.800. The number of thiazole rings is 1. The van der Waals surface area contributed by atoms with Crippen LogP contribution in [0.3, 0.4) is 0 Å². The summed E-state index contributed by atoms with van der Waals surface area (Å²) in [6.07, 6.45) is 6.53. The van der Waals surface area contributed by atoms with E-state index in [4.69, 9.17) is 4.98 Å². The summed E-state index contributed by atoms with van der Waals surface area (Å²) in [5.74, 6) is 0.906. The van der Waals surface area contributed by atoms with Gasteiger partial charge in [0.1, 0.15) is 5.01 Å². The zero-order valence-electron chi connectivity index (χ0n) is 12.2. The first-order valence-corrected chi connectivity index (χ1v) is 8.12. The van der Waals surface area contributed by atoms with Gasteiger partial charge < -0.3 is 5.32 Å². The van der Waals surface area contributed by atoms with E-state index in [2.05, 4.69) is 33.0 Å². The van der Waals surface area contributed by atoms with Crippen LogP contribution in [-0.2, 0) is 12.0 Å². The molecular formula is C15H26N2S. The van der Waals surface area contributed by atoms with Gasteiger partial charge in [-0.2, -0.15) is 0 Å². The van der Waals surface area contributed by atoms with Gasteiger partial charge in [0.2, 0.25) is 0 Å².